The standard InChI is InChI=1S/C18H17ClN2O4S3/c1-9(2)15(18(22)23)21-28(24,25)12-7-13(26)16-14(8-12)27-17(20-16)10-3-5-11(19)6-4-10/h3-6,8-9,15,21H,7H2,1-2H3,(H,22,23)/t15-/m1/s1. The van der Waals surface area contributed by atoms with Crippen LogP contribution in [0.15, 0.2) is 29.2 Å². The van der Waals surface area contributed by atoms with Crippen molar-refractivity contribution in [3.05, 3.63) is 44.8 Å². The zero-order valence-corrected chi connectivity index (χ0v) is 18.2. The fourth-order valence-corrected chi connectivity index (χ4v) is 5.87. The highest BCUT2D eigenvalue weighted by atomic mass is 35.5. The molecule has 28 heavy (non-hydrogen) atoms. The molecule has 1 aromatic heterocycles. The lowest BCUT2D eigenvalue weighted by molar-refractivity contribution is -0.140. The lowest BCUT2D eigenvalue weighted by atomic mass is 10.1. The molecule has 0 bridgehead atoms. The van der Waals surface area contributed by atoms with Crippen LogP contribution in [0.1, 0.15) is 30.8 Å². The third-order valence-electron chi connectivity index (χ3n) is 4.20. The first-order chi connectivity index (χ1) is 13.1. The maximum absolute atomic E-state index is 12.7. The maximum Gasteiger partial charge on any atom is 0.322 e. The molecule has 2 N–H and O–H groups in total. The van der Waals surface area contributed by atoms with E-state index >= 15 is 0 Å². The number of thiazole rings is 1. The molecule has 2 aromatic rings. The van der Waals surface area contributed by atoms with Gasteiger partial charge in [0.1, 0.15) is 11.0 Å². The van der Waals surface area contributed by atoms with Crippen molar-refractivity contribution >= 4 is 62.1 Å². The van der Waals surface area contributed by atoms with Gasteiger partial charge in [-0.1, -0.05) is 49.8 Å². The Morgan fingerprint density at radius 3 is 2.54 bits per heavy atom. The number of allylic oxidation sites excluding steroid dienone is 1. The number of thiocarbonyl (C=S) groups is 1. The molecule has 1 aliphatic rings. The van der Waals surface area contributed by atoms with Crippen LogP contribution in [0.2, 0.25) is 5.02 Å². The van der Waals surface area contributed by atoms with E-state index in [2.05, 4.69) is 9.71 Å². The van der Waals surface area contributed by atoms with E-state index < -0.39 is 28.0 Å². The van der Waals surface area contributed by atoms with Gasteiger partial charge in [0.2, 0.25) is 10.0 Å². The normalized spacial score (nSPS) is 15.3. The Hall–Kier alpha value is -1.65. The van der Waals surface area contributed by atoms with Crippen LogP contribution < -0.4 is 4.72 Å². The van der Waals surface area contributed by atoms with Crippen molar-refractivity contribution in [3.8, 4) is 10.6 Å². The molecular formula is C18H17ClN2O4S3. The fraction of sp³-hybridized carbons (Fsp3) is 0.278. The SMILES string of the molecule is CC(C)[C@@H](NS(=O)(=O)C1=Cc2sc(-c3ccc(Cl)cc3)nc2C(=S)C1)C(=O)O. The van der Waals surface area contributed by atoms with Gasteiger partial charge in [0.15, 0.2) is 0 Å². The number of benzene rings is 1. The van der Waals surface area contributed by atoms with E-state index in [-0.39, 0.29) is 11.3 Å². The van der Waals surface area contributed by atoms with Gasteiger partial charge in [0.05, 0.1) is 15.5 Å². The Labute approximate surface area is 177 Å². The number of hydrogen-bond acceptors (Lipinski definition) is 6. The molecule has 0 amide bonds. The molecule has 0 saturated carbocycles. The fourth-order valence-electron chi connectivity index (χ4n) is 2.67. The number of fused-ring (bicyclic) bond motifs is 1. The summed E-state index contributed by atoms with van der Waals surface area (Å²) in [7, 11) is -4.00. The molecule has 10 heteroatoms. The summed E-state index contributed by atoms with van der Waals surface area (Å²) >= 11 is 12.6. The number of nitrogens with one attached hydrogen (secondary N) is 1. The van der Waals surface area contributed by atoms with Crippen LogP contribution in [0.4, 0.5) is 0 Å². The first-order valence-corrected chi connectivity index (χ1v) is 11.4. The van der Waals surface area contributed by atoms with Crippen LogP contribution in [-0.4, -0.2) is 35.4 Å². The largest absolute Gasteiger partial charge is 0.480 e. The number of aliphatic carboxylic acids is 1. The van der Waals surface area contributed by atoms with Crippen molar-refractivity contribution in [1.29, 1.82) is 0 Å². The highest BCUT2D eigenvalue weighted by molar-refractivity contribution is 7.93. The minimum atomic E-state index is -4.00. The van der Waals surface area contributed by atoms with Crippen molar-refractivity contribution in [2.24, 2.45) is 5.92 Å². The van der Waals surface area contributed by atoms with Crippen LogP contribution in [-0.2, 0) is 14.8 Å². The summed E-state index contributed by atoms with van der Waals surface area (Å²) in [6, 6.07) is 5.95. The summed E-state index contributed by atoms with van der Waals surface area (Å²) in [6.45, 7) is 3.28. The van der Waals surface area contributed by atoms with Gasteiger partial charge in [-0.3, -0.25) is 4.79 Å². The first-order valence-electron chi connectivity index (χ1n) is 8.34. The average molecular weight is 457 g/mol. The Morgan fingerprint density at radius 2 is 1.96 bits per heavy atom. The first kappa shape index (κ1) is 21.1. The van der Waals surface area contributed by atoms with E-state index in [9.17, 15) is 18.3 Å². The predicted molar refractivity (Wildman–Crippen MR) is 115 cm³/mol. The Balaban J connectivity index is 1.96. The molecule has 1 heterocycles. The van der Waals surface area contributed by atoms with Crippen molar-refractivity contribution in [3.63, 3.8) is 0 Å². The number of aromatic nitrogens is 1. The summed E-state index contributed by atoms with van der Waals surface area (Å²) in [4.78, 5) is 17.0. The van der Waals surface area contributed by atoms with Gasteiger partial charge in [-0.2, -0.15) is 4.72 Å². The van der Waals surface area contributed by atoms with Gasteiger partial charge in [-0.15, -0.1) is 11.3 Å². The lowest BCUT2D eigenvalue weighted by Crippen LogP contribution is -2.44. The van der Waals surface area contributed by atoms with Gasteiger partial charge >= 0.3 is 5.97 Å². The van der Waals surface area contributed by atoms with E-state index in [0.717, 1.165) is 5.56 Å². The molecule has 3 rings (SSSR count). The minimum absolute atomic E-state index is 0.00585. The van der Waals surface area contributed by atoms with Gasteiger partial charge in [0.25, 0.3) is 0 Å². The van der Waals surface area contributed by atoms with Gasteiger partial charge in [-0.05, 0) is 24.1 Å². The summed E-state index contributed by atoms with van der Waals surface area (Å²) in [6.07, 6.45) is 1.52. The summed E-state index contributed by atoms with van der Waals surface area (Å²) in [5, 5.41) is 10.6. The Bertz CT molecular complexity index is 1070. The van der Waals surface area contributed by atoms with E-state index in [4.69, 9.17) is 23.8 Å². The number of nitrogens with zero attached hydrogens (tertiary/aromatic N) is 1. The number of sulfonamides is 1. The van der Waals surface area contributed by atoms with Crippen LogP contribution in [0, 0.1) is 5.92 Å². The van der Waals surface area contributed by atoms with E-state index in [1.165, 1.54) is 17.4 Å². The summed E-state index contributed by atoms with van der Waals surface area (Å²) in [5.41, 5.74) is 1.44. The van der Waals surface area contributed by atoms with Crippen molar-refractivity contribution < 1.29 is 18.3 Å². The average Bonchev–Trinajstić information content (AvgIpc) is 3.04. The van der Waals surface area contributed by atoms with Gasteiger partial charge in [0, 0.05) is 21.9 Å². The molecule has 1 aliphatic carbocycles. The molecular weight excluding hydrogens is 440 g/mol. The molecule has 0 fully saturated rings. The van der Waals surface area contributed by atoms with E-state index in [1.54, 1.807) is 26.0 Å². The van der Waals surface area contributed by atoms with Crippen molar-refractivity contribution in [1.82, 2.24) is 9.71 Å². The Morgan fingerprint density at radius 1 is 1.32 bits per heavy atom. The highest BCUT2D eigenvalue weighted by Crippen LogP contribution is 2.36. The van der Waals surface area contributed by atoms with E-state index in [0.29, 0.717) is 25.5 Å². The number of carboxylic acids is 1. The second kappa shape index (κ2) is 8.00. The topological polar surface area (TPSA) is 96.4 Å². The highest BCUT2D eigenvalue weighted by Gasteiger charge is 2.32. The maximum atomic E-state index is 12.7. The monoisotopic (exact) mass is 456 g/mol. The van der Waals surface area contributed by atoms with E-state index in [1.807, 2.05) is 12.1 Å². The van der Waals surface area contributed by atoms with Crippen molar-refractivity contribution in [2.45, 2.75) is 26.3 Å². The zero-order valence-electron chi connectivity index (χ0n) is 15.0. The quantitative estimate of drug-likeness (QED) is 0.639. The number of carbonyl (C=O) groups is 1. The third kappa shape index (κ3) is 4.33. The number of halogens is 1. The third-order valence-corrected chi connectivity index (χ3v) is 7.35. The second-order valence-electron chi connectivity index (χ2n) is 6.63. The lowest BCUT2D eigenvalue weighted by Gasteiger charge is -2.20. The molecule has 6 nitrogen and oxygen atoms in total. The number of carboxylic acid groups (broad SMARTS) is 1. The van der Waals surface area contributed by atoms with Gasteiger partial charge in [-0.25, -0.2) is 13.4 Å². The van der Waals surface area contributed by atoms with Crippen LogP contribution in [0.5, 0.6) is 0 Å². The minimum Gasteiger partial charge on any atom is -0.480 e. The summed E-state index contributed by atoms with van der Waals surface area (Å²) < 4.78 is 27.8. The molecule has 0 aliphatic heterocycles. The molecule has 0 radical (unpaired) electrons. The number of hydrogen-bond donors (Lipinski definition) is 2. The van der Waals surface area contributed by atoms with Crippen LogP contribution in [0.3, 0.4) is 0 Å². The molecule has 0 spiro atoms. The Kier molecular flexibility index (Phi) is 6.02. The number of rotatable bonds is 6. The van der Waals surface area contributed by atoms with Crippen LogP contribution in [0.25, 0.3) is 16.6 Å². The molecule has 0 unspecified atom stereocenters. The van der Waals surface area contributed by atoms with Gasteiger partial charge < -0.3 is 5.11 Å². The smallest absolute Gasteiger partial charge is 0.322 e. The zero-order chi connectivity index (χ0) is 20.6. The predicted octanol–water partition coefficient (Wildman–Crippen LogP) is 3.95. The summed E-state index contributed by atoms with van der Waals surface area (Å²) in [5.74, 6) is -1.63. The second-order valence-corrected chi connectivity index (χ2v) is 10.4. The molecule has 1 aromatic carbocycles. The molecule has 148 valence electrons. The van der Waals surface area contributed by atoms with Crippen LogP contribution >= 0.6 is 35.2 Å². The molecule has 1 atom stereocenters. The molecule has 0 saturated heterocycles. The van der Waals surface area contributed by atoms with Crippen molar-refractivity contribution in [2.75, 3.05) is 0 Å².